The van der Waals surface area contributed by atoms with Crippen LogP contribution in [0.1, 0.15) is 52.4 Å². The Bertz CT molecular complexity index is 242. The summed E-state index contributed by atoms with van der Waals surface area (Å²) in [6.45, 7) is 7.07. The van der Waals surface area contributed by atoms with Gasteiger partial charge in [-0.05, 0) is 31.9 Å². The van der Waals surface area contributed by atoms with Crippen molar-refractivity contribution in [3.63, 3.8) is 0 Å². The lowest BCUT2D eigenvalue weighted by Crippen LogP contribution is -2.54. The van der Waals surface area contributed by atoms with Gasteiger partial charge in [0.05, 0.1) is 0 Å². The molecule has 100 valence electrons. The van der Waals surface area contributed by atoms with Crippen LogP contribution >= 0.6 is 11.8 Å². The summed E-state index contributed by atoms with van der Waals surface area (Å²) >= 11 is 2.10. The van der Waals surface area contributed by atoms with Crippen molar-refractivity contribution in [2.24, 2.45) is 5.92 Å². The quantitative estimate of drug-likeness (QED) is 0.812. The van der Waals surface area contributed by atoms with Crippen molar-refractivity contribution in [2.45, 2.75) is 63.2 Å². The van der Waals surface area contributed by atoms with Crippen molar-refractivity contribution in [1.82, 2.24) is 10.4 Å². The van der Waals surface area contributed by atoms with E-state index in [0.29, 0.717) is 5.54 Å². The molecule has 0 aromatic carbocycles. The van der Waals surface area contributed by atoms with Crippen LogP contribution in [0.3, 0.4) is 0 Å². The highest BCUT2D eigenvalue weighted by atomic mass is 32.2. The number of hydrogen-bond acceptors (Lipinski definition) is 3. The van der Waals surface area contributed by atoms with Crippen molar-refractivity contribution in [3.05, 3.63) is 0 Å². The Kier molecular flexibility index (Phi) is 4.79. The Morgan fingerprint density at radius 2 is 2.18 bits per heavy atom. The van der Waals surface area contributed by atoms with E-state index in [4.69, 9.17) is 0 Å². The van der Waals surface area contributed by atoms with Crippen LogP contribution in [0.5, 0.6) is 0 Å². The molecule has 3 unspecified atom stereocenters. The first-order valence-electron chi connectivity index (χ1n) is 7.32. The van der Waals surface area contributed by atoms with Crippen molar-refractivity contribution in [3.8, 4) is 0 Å². The molecule has 0 radical (unpaired) electrons. The van der Waals surface area contributed by atoms with Crippen LogP contribution in [-0.2, 0) is 0 Å². The maximum atomic E-state index is 3.71. The second kappa shape index (κ2) is 5.94. The number of hydrazine groups is 1. The van der Waals surface area contributed by atoms with Crippen molar-refractivity contribution in [1.29, 1.82) is 0 Å². The molecular weight excluding hydrogens is 228 g/mol. The highest BCUT2D eigenvalue weighted by Gasteiger charge is 2.52. The number of nitrogens with zero attached hydrogens (tertiary/aromatic N) is 1. The summed E-state index contributed by atoms with van der Waals surface area (Å²) in [5.74, 6) is 0.873. The lowest BCUT2D eigenvalue weighted by molar-refractivity contribution is 0.0318. The normalized spacial score (nSPS) is 38.3. The number of thioether (sulfide) groups is 1. The van der Waals surface area contributed by atoms with E-state index in [1.165, 1.54) is 51.6 Å². The fourth-order valence-electron chi connectivity index (χ4n) is 4.05. The van der Waals surface area contributed by atoms with Gasteiger partial charge in [0.2, 0.25) is 0 Å². The van der Waals surface area contributed by atoms with E-state index >= 15 is 0 Å². The topological polar surface area (TPSA) is 15.3 Å². The van der Waals surface area contributed by atoms with Gasteiger partial charge in [-0.2, -0.15) is 11.8 Å². The number of fused-ring (bicyclic) bond motifs is 1. The molecule has 3 heteroatoms. The molecule has 1 aliphatic heterocycles. The fraction of sp³-hybridized carbons (Fsp3) is 1.00. The molecule has 0 bridgehead atoms. The second-order valence-electron chi connectivity index (χ2n) is 5.64. The molecule has 0 amide bonds. The zero-order chi connectivity index (χ0) is 12.3. The van der Waals surface area contributed by atoms with E-state index in [1.807, 2.05) is 0 Å². The molecule has 0 spiro atoms. The molecule has 2 fully saturated rings. The third kappa shape index (κ3) is 2.39. The van der Waals surface area contributed by atoms with Gasteiger partial charge in [0.25, 0.3) is 0 Å². The summed E-state index contributed by atoms with van der Waals surface area (Å²) in [5.41, 5.74) is 4.19. The van der Waals surface area contributed by atoms with Gasteiger partial charge in [-0.15, -0.1) is 0 Å². The summed E-state index contributed by atoms with van der Waals surface area (Å²) in [6.07, 6.45) is 10.5. The predicted octanol–water partition coefficient (Wildman–Crippen LogP) is 3.29. The van der Waals surface area contributed by atoms with Gasteiger partial charge in [0.1, 0.15) is 0 Å². The molecule has 1 N–H and O–H groups in total. The Labute approximate surface area is 111 Å². The first-order chi connectivity index (χ1) is 8.28. The van der Waals surface area contributed by atoms with Crippen LogP contribution in [0.25, 0.3) is 0 Å². The summed E-state index contributed by atoms with van der Waals surface area (Å²) in [4.78, 5) is 0. The van der Waals surface area contributed by atoms with Crippen LogP contribution < -0.4 is 5.43 Å². The van der Waals surface area contributed by atoms with Gasteiger partial charge in [-0.1, -0.05) is 26.7 Å². The monoisotopic (exact) mass is 256 g/mol. The minimum atomic E-state index is 0.483. The Morgan fingerprint density at radius 3 is 2.82 bits per heavy atom. The zero-order valence-corrected chi connectivity index (χ0v) is 12.5. The van der Waals surface area contributed by atoms with E-state index in [2.05, 4.69) is 42.3 Å². The second-order valence-corrected chi connectivity index (χ2v) is 6.72. The van der Waals surface area contributed by atoms with Gasteiger partial charge in [0.15, 0.2) is 0 Å². The van der Waals surface area contributed by atoms with Crippen molar-refractivity contribution < 1.29 is 0 Å². The average molecular weight is 256 g/mol. The summed E-state index contributed by atoms with van der Waals surface area (Å²) in [5, 5.41) is 3.49. The van der Waals surface area contributed by atoms with Crippen molar-refractivity contribution in [2.75, 3.05) is 19.3 Å². The highest BCUT2D eigenvalue weighted by Crippen LogP contribution is 2.47. The molecule has 2 rings (SSSR count). The first kappa shape index (κ1) is 13.7. The summed E-state index contributed by atoms with van der Waals surface area (Å²) in [7, 11) is 0. The van der Waals surface area contributed by atoms with Crippen LogP contribution in [-0.4, -0.2) is 35.1 Å². The van der Waals surface area contributed by atoms with E-state index in [1.54, 1.807) is 0 Å². The molecule has 3 atom stereocenters. The van der Waals surface area contributed by atoms with Gasteiger partial charge in [-0.25, -0.2) is 5.01 Å². The van der Waals surface area contributed by atoms with Gasteiger partial charge >= 0.3 is 0 Å². The lowest BCUT2D eigenvalue weighted by Gasteiger charge is -2.47. The van der Waals surface area contributed by atoms with Crippen LogP contribution in [0.2, 0.25) is 0 Å². The molecule has 1 heterocycles. The SMILES string of the molecule is CCCN1NCC2C(SC)CCCC21CCC. The largest absolute Gasteiger partial charge is 0.254 e. The zero-order valence-electron chi connectivity index (χ0n) is 11.7. The number of nitrogens with one attached hydrogen (secondary N) is 1. The molecule has 0 aromatic rings. The Hall–Kier alpha value is 0.270. The average Bonchev–Trinajstić information content (AvgIpc) is 2.69. The molecule has 2 aliphatic rings. The maximum absolute atomic E-state index is 3.71. The van der Waals surface area contributed by atoms with Crippen LogP contribution in [0.15, 0.2) is 0 Å². The Balaban J connectivity index is 2.19. The van der Waals surface area contributed by atoms with Gasteiger partial charge in [-0.3, -0.25) is 5.43 Å². The number of rotatable bonds is 5. The Morgan fingerprint density at radius 1 is 1.35 bits per heavy atom. The predicted molar refractivity (Wildman–Crippen MR) is 77.3 cm³/mol. The van der Waals surface area contributed by atoms with Crippen LogP contribution in [0.4, 0.5) is 0 Å². The lowest BCUT2D eigenvalue weighted by atomic mass is 9.70. The van der Waals surface area contributed by atoms with Crippen molar-refractivity contribution >= 4 is 11.8 Å². The van der Waals surface area contributed by atoms with E-state index in [-0.39, 0.29) is 0 Å². The molecule has 1 aliphatic carbocycles. The molecule has 1 saturated carbocycles. The van der Waals surface area contributed by atoms with E-state index in [9.17, 15) is 0 Å². The third-order valence-electron chi connectivity index (χ3n) is 4.71. The molecule has 2 nitrogen and oxygen atoms in total. The number of hydrogen-bond donors (Lipinski definition) is 1. The van der Waals surface area contributed by atoms with Gasteiger partial charge in [0, 0.05) is 29.8 Å². The molecule has 0 aromatic heterocycles. The fourth-order valence-corrected chi connectivity index (χ4v) is 5.13. The molecular formula is C14H28N2S. The summed E-state index contributed by atoms with van der Waals surface area (Å²) < 4.78 is 0. The minimum absolute atomic E-state index is 0.483. The standard InChI is InChI=1S/C14H28N2S/c1-4-8-14-9-6-7-13(17-3)12(14)11-15-16(14)10-5-2/h12-13,15H,4-11H2,1-3H3. The first-order valence-corrected chi connectivity index (χ1v) is 8.61. The third-order valence-corrected chi connectivity index (χ3v) is 5.88. The minimum Gasteiger partial charge on any atom is -0.254 e. The summed E-state index contributed by atoms with van der Waals surface area (Å²) in [6, 6.07) is 0. The highest BCUT2D eigenvalue weighted by molar-refractivity contribution is 7.99. The maximum Gasteiger partial charge on any atom is 0.0405 e. The van der Waals surface area contributed by atoms with E-state index < -0.39 is 0 Å². The molecule has 17 heavy (non-hydrogen) atoms. The molecule has 1 saturated heterocycles. The van der Waals surface area contributed by atoms with E-state index in [0.717, 1.165) is 11.2 Å². The van der Waals surface area contributed by atoms with Crippen LogP contribution in [0, 0.1) is 5.92 Å². The van der Waals surface area contributed by atoms with Gasteiger partial charge < -0.3 is 0 Å². The smallest absolute Gasteiger partial charge is 0.0405 e.